The quantitative estimate of drug-likeness (QED) is 0.606. The molecule has 0 spiro atoms. The van der Waals surface area contributed by atoms with Crippen LogP contribution in [0.2, 0.25) is 5.02 Å². The summed E-state index contributed by atoms with van der Waals surface area (Å²) in [6.45, 7) is 1.76. The lowest BCUT2D eigenvalue weighted by Gasteiger charge is -2.09. The van der Waals surface area contributed by atoms with Crippen LogP contribution in [0.25, 0.3) is 11.0 Å². The minimum absolute atomic E-state index is 0.0446. The third-order valence-electron chi connectivity index (χ3n) is 3.93. The maximum absolute atomic E-state index is 12.5. The lowest BCUT2D eigenvalue weighted by atomic mass is 10.1. The molecule has 136 valence electrons. The molecular formula is C20H16ClN3O3. The van der Waals surface area contributed by atoms with Gasteiger partial charge in [0.25, 0.3) is 5.91 Å². The monoisotopic (exact) mass is 381 g/mol. The highest BCUT2D eigenvalue weighted by molar-refractivity contribution is 6.30. The number of halogens is 1. The van der Waals surface area contributed by atoms with E-state index in [1.165, 1.54) is 6.20 Å². The molecule has 0 saturated carbocycles. The Morgan fingerprint density at radius 3 is 2.74 bits per heavy atom. The number of rotatable bonds is 3. The van der Waals surface area contributed by atoms with Crippen LogP contribution in [0.3, 0.4) is 0 Å². The fourth-order valence-corrected chi connectivity index (χ4v) is 2.63. The lowest BCUT2D eigenvalue weighted by molar-refractivity contribution is 0.0948. The number of aliphatic hydroxyl groups is 1. The molecule has 0 unspecified atom stereocenters. The summed E-state index contributed by atoms with van der Waals surface area (Å²) in [6, 6.07) is 8.69. The number of carbonyl (C=O) groups is 1. The van der Waals surface area contributed by atoms with Gasteiger partial charge in [-0.05, 0) is 30.7 Å². The summed E-state index contributed by atoms with van der Waals surface area (Å²) >= 11 is 5.84. The molecular weight excluding hydrogens is 366 g/mol. The molecule has 7 heteroatoms. The first kappa shape index (κ1) is 18.6. The maximum atomic E-state index is 12.5. The van der Waals surface area contributed by atoms with Gasteiger partial charge in [0.15, 0.2) is 5.65 Å². The van der Waals surface area contributed by atoms with Crippen LogP contribution in [-0.2, 0) is 6.54 Å². The molecule has 2 aromatic heterocycles. The smallest absolute Gasteiger partial charge is 0.256 e. The second-order valence-corrected chi connectivity index (χ2v) is 6.22. The number of benzene rings is 1. The molecule has 2 heterocycles. The van der Waals surface area contributed by atoms with Gasteiger partial charge in [0, 0.05) is 23.3 Å². The van der Waals surface area contributed by atoms with E-state index in [4.69, 9.17) is 16.7 Å². The van der Waals surface area contributed by atoms with E-state index in [0.29, 0.717) is 27.3 Å². The Kier molecular flexibility index (Phi) is 5.55. The van der Waals surface area contributed by atoms with E-state index < -0.39 is 5.91 Å². The van der Waals surface area contributed by atoms with Gasteiger partial charge in [-0.3, -0.25) is 4.79 Å². The van der Waals surface area contributed by atoms with Crippen molar-refractivity contribution in [3.63, 3.8) is 0 Å². The molecule has 3 rings (SSSR count). The van der Waals surface area contributed by atoms with Crippen molar-refractivity contribution in [3.05, 3.63) is 63.9 Å². The molecule has 1 amide bonds. The largest absolute Gasteiger partial charge is 0.506 e. The van der Waals surface area contributed by atoms with E-state index in [2.05, 4.69) is 27.1 Å². The molecule has 1 aromatic carbocycles. The first-order chi connectivity index (χ1) is 13.0. The number of aryl methyl sites for hydroxylation is 1. The van der Waals surface area contributed by atoms with Gasteiger partial charge in [0.2, 0.25) is 0 Å². The van der Waals surface area contributed by atoms with E-state index in [0.717, 1.165) is 5.56 Å². The Morgan fingerprint density at radius 2 is 2.04 bits per heavy atom. The lowest BCUT2D eigenvalue weighted by Crippen LogP contribution is -2.23. The predicted octanol–water partition coefficient (Wildman–Crippen LogP) is 2.57. The van der Waals surface area contributed by atoms with Crippen LogP contribution in [0.15, 0.2) is 36.5 Å². The Balaban J connectivity index is 1.89. The topological polar surface area (TPSA) is 95.3 Å². The first-order valence-corrected chi connectivity index (χ1v) is 8.49. The van der Waals surface area contributed by atoms with Gasteiger partial charge >= 0.3 is 0 Å². The molecule has 0 saturated heterocycles. The van der Waals surface area contributed by atoms with Crippen LogP contribution in [0.5, 0.6) is 5.75 Å². The number of pyridine rings is 2. The van der Waals surface area contributed by atoms with Crippen molar-refractivity contribution in [1.29, 1.82) is 0 Å². The molecule has 0 fully saturated rings. The van der Waals surface area contributed by atoms with Crippen LogP contribution in [0.4, 0.5) is 0 Å². The van der Waals surface area contributed by atoms with Crippen LogP contribution >= 0.6 is 11.6 Å². The molecule has 0 aliphatic carbocycles. The SMILES string of the molecule is Cc1nc2ncc(C(=O)NCc3ccc(Cl)cc3)c(O)c2cc1C#CCO. The van der Waals surface area contributed by atoms with Gasteiger partial charge < -0.3 is 15.5 Å². The molecule has 0 atom stereocenters. The van der Waals surface area contributed by atoms with Crippen LogP contribution < -0.4 is 5.32 Å². The zero-order valence-corrected chi connectivity index (χ0v) is 15.2. The molecule has 0 aliphatic heterocycles. The zero-order valence-electron chi connectivity index (χ0n) is 14.5. The Bertz CT molecular complexity index is 1070. The van der Waals surface area contributed by atoms with E-state index in [9.17, 15) is 9.90 Å². The van der Waals surface area contributed by atoms with Gasteiger partial charge in [-0.25, -0.2) is 9.97 Å². The molecule has 27 heavy (non-hydrogen) atoms. The van der Waals surface area contributed by atoms with E-state index in [1.807, 2.05) is 0 Å². The van der Waals surface area contributed by atoms with Crippen molar-refractivity contribution in [1.82, 2.24) is 15.3 Å². The number of aromatic nitrogens is 2. The van der Waals surface area contributed by atoms with Crippen molar-refractivity contribution >= 4 is 28.5 Å². The summed E-state index contributed by atoms with van der Waals surface area (Å²) in [7, 11) is 0. The number of hydrogen-bond acceptors (Lipinski definition) is 5. The zero-order chi connectivity index (χ0) is 19.4. The minimum Gasteiger partial charge on any atom is -0.506 e. The van der Waals surface area contributed by atoms with Gasteiger partial charge in [0.05, 0.1) is 11.1 Å². The van der Waals surface area contributed by atoms with Crippen molar-refractivity contribution in [2.45, 2.75) is 13.5 Å². The fraction of sp³-hybridized carbons (Fsp3) is 0.150. The summed E-state index contributed by atoms with van der Waals surface area (Å²) in [5.74, 6) is 4.64. The second kappa shape index (κ2) is 8.04. The standard InChI is InChI=1S/C20H16ClN3O3/c1-12-14(3-2-8-25)9-16-18(26)17(11-22-19(16)24-12)20(27)23-10-13-4-6-15(21)7-5-13/h4-7,9,11,25H,8,10H2,1H3,(H,23,27)(H,22,24,26). The van der Waals surface area contributed by atoms with Crippen molar-refractivity contribution in [2.75, 3.05) is 6.61 Å². The highest BCUT2D eigenvalue weighted by Gasteiger charge is 2.16. The Hall–Kier alpha value is -3.14. The number of fused-ring (bicyclic) bond motifs is 1. The number of aromatic hydroxyl groups is 1. The normalized spacial score (nSPS) is 10.3. The van der Waals surface area contributed by atoms with Gasteiger partial charge in [-0.15, -0.1) is 0 Å². The Labute approximate surface area is 160 Å². The van der Waals surface area contributed by atoms with Gasteiger partial charge in [-0.2, -0.15) is 0 Å². The summed E-state index contributed by atoms with van der Waals surface area (Å²) in [4.78, 5) is 20.9. The number of carbonyl (C=O) groups excluding carboxylic acids is 1. The highest BCUT2D eigenvalue weighted by Crippen LogP contribution is 2.27. The molecule has 0 aliphatic rings. The second-order valence-electron chi connectivity index (χ2n) is 5.78. The van der Waals surface area contributed by atoms with Crippen molar-refractivity contribution in [2.24, 2.45) is 0 Å². The fourth-order valence-electron chi connectivity index (χ4n) is 2.50. The number of amides is 1. The molecule has 3 aromatic rings. The number of hydrogen-bond donors (Lipinski definition) is 3. The third-order valence-corrected chi connectivity index (χ3v) is 4.18. The van der Waals surface area contributed by atoms with Crippen LogP contribution in [0.1, 0.15) is 27.2 Å². The third kappa shape index (κ3) is 4.17. The first-order valence-electron chi connectivity index (χ1n) is 8.11. The molecule has 6 nitrogen and oxygen atoms in total. The Morgan fingerprint density at radius 1 is 1.30 bits per heavy atom. The van der Waals surface area contributed by atoms with Crippen molar-refractivity contribution in [3.8, 4) is 17.6 Å². The highest BCUT2D eigenvalue weighted by atomic mass is 35.5. The number of nitrogens with one attached hydrogen (secondary N) is 1. The van der Waals surface area contributed by atoms with E-state index in [1.54, 1.807) is 37.3 Å². The predicted molar refractivity (Wildman–Crippen MR) is 103 cm³/mol. The summed E-state index contributed by atoms with van der Waals surface area (Å²) in [5.41, 5.74) is 2.40. The molecule has 0 radical (unpaired) electrons. The molecule has 0 bridgehead atoms. The number of nitrogens with zero attached hydrogens (tertiary/aromatic N) is 2. The summed E-state index contributed by atoms with van der Waals surface area (Å²) in [5, 5.41) is 23.1. The molecule has 3 N–H and O–H groups in total. The summed E-state index contributed by atoms with van der Waals surface area (Å²) < 4.78 is 0. The minimum atomic E-state index is -0.458. The average molecular weight is 382 g/mol. The van der Waals surface area contributed by atoms with E-state index >= 15 is 0 Å². The van der Waals surface area contributed by atoms with Gasteiger partial charge in [0.1, 0.15) is 17.9 Å². The number of aliphatic hydroxyl groups excluding tert-OH is 1. The van der Waals surface area contributed by atoms with Crippen LogP contribution in [-0.4, -0.2) is 32.7 Å². The summed E-state index contributed by atoms with van der Waals surface area (Å²) in [6.07, 6.45) is 1.29. The van der Waals surface area contributed by atoms with Crippen LogP contribution in [0, 0.1) is 18.8 Å². The van der Waals surface area contributed by atoms with Gasteiger partial charge in [-0.1, -0.05) is 35.6 Å². The maximum Gasteiger partial charge on any atom is 0.256 e. The van der Waals surface area contributed by atoms with E-state index in [-0.39, 0.29) is 24.5 Å². The van der Waals surface area contributed by atoms with Crippen molar-refractivity contribution < 1.29 is 15.0 Å². The average Bonchev–Trinajstić information content (AvgIpc) is 2.66.